The van der Waals surface area contributed by atoms with Crippen LogP contribution in [0.1, 0.15) is 18.2 Å². The number of hydrogen-bond acceptors (Lipinski definition) is 4. The summed E-state index contributed by atoms with van der Waals surface area (Å²) in [5.74, 6) is 1.13. The van der Waals surface area contributed by atoms with E-state index in [1.54, 1.807) is 12.4 Å². The van der Waals surface area contributed by atoms with Crippen LogP contribution in [0.25, 0.3) is 0 Å². The first kappa shape index (κ1) is 12.0. The minimum absolute atomic E-state index is 0.469. The monoisotopic (exact) mass is 254 g/mol. The maximum Gasteiger partial charge on any atom is 0.141 e. The summed E-state index contributed by atoms with van der Waals surface area (Å²) in [6.07, 6.45) is 4.53. The molecule has 2 aromatic rings. The highest BCUT2D eigenvalue weighted by Crippen LogP contribution is 2.30. The largest absolute Gasteiger partial charge is 0.382 e. The molecule has 2 heterocycles. The third-order valence-corrected chi connectivity index (χ3v) is 3.51. The quantitative estimate of drug-likeness (QED) is 0.893. The molecule has 0 aliphatic carbocycles. The minimum Gasteiger partial charge on any atom is -0.382 e. The van der Waals surface area contributed by atoms with E-state index in [1.165, 1.54) is 11.3 Å². The van der Waals surface area contributed by atoms with Crippen LogP contribution in [0.5, 0.6) is 0 Å². The molecule has 98 valence electrons. The number of hydrogen-bond donors (Lipinski definition) is 1. The number of benzene rings is 1. The first-order chi connectivity index (χ1) is 9.22. The molecule has 1 aliphatic rings. The maximum atomic E-state index is 5.57. The van der Waals surface area contributed by atoms with Crippen LogP contribution >= 0.6 is 0 Å². The molecule has 2 N–H and O–H groups in total. The van der Waals surface area contributed by atoms with E-state index in [2.05, 4.69) is 46.1 Å². The Morgan fingerprint density at radius 2 is 2.11 bits per heavy atom. The van der Waals surface area contributed by atoms with Gasteiger partial charge in [-0.2, -0.15) is 0 Å². The van der Waals surface area contributed by atoms with Crippen molar-refractivity contribution in [2.75, 3.05) is 17.2 Å². The number of fused-ring (bicyclic) bond motifs is 1. The normalized spacial score (nSPS) is 18.2. The molecule has 0 amide bonds. The summed E-state index contributed by atoms with van der Waals surface area (Å²) in [6, 6.07) is 8.60. The van der Waals surface area contributed by atoms with Crippen molar-refractivity contribution in [2.45, 2.75) is 19.9 Å². The maximum absolute atomic E-state index is 5.57. The molecule has 1 aromatic carbocycles. The van der Waals surface area contributed by atoms with Gasteiger partial charge in [-0.15, -0.1) is 0 Å². The molecule has 1 atom stereocenters. The Labute approximate surface area is 113 Å². The van der Waals surface area contributed by atoms with Crippen LogP contribution in [0.15, 0.2) is 36.7 Å². The second kappa shape index (κ2) is 4.88. The Morgan fingerprint density at radius 3 is 2.89 bits per heavy atom. The van der Waals surface area contributed by atoms with E-state index in [1.807, 2.05) is 0 Å². The van der Waals surface area contributed by atoms with Crippen molar-refractivity contribution in [3.05, 3.63) is 47.9 Å². The van der Waals surface area contributed by atoms with Crippen molar-refractivity contribution in [2.24, 2.45) is 5.92 Å². The molecule has 19 heavy (non-hydrogen) atoms. The van der Waals surface area contributed by atoms with Gasteiger partial charge in [-0.25, -0.2) is 4.98 Å². The average Bonchev–Trinajstić information content (AvgIpc) is 2.41. The third kappa shape index (κ3) is 2.52. The molecule has 4 heteroatoms. The second-order valence-electron chi connectivity index (χ2n) is 5.25. The van der Waals surface area contributed by atoms with Gasteiger partial charge in [0.05, 0.1) is 24.6 Å². The summed E-state index contributed by atoms with van der Waals surface area (Å²) in [5, 5.41) is 0. The highest BCUT2D eigenvalue weighted by atomic mass is 15.1. The van der Waals surface area contributed by atoms with Gasteiger partial charge in [-0.3, -0.25) is 4.98 Å². The van der Waals surface area contributed by atoms with E-state index in [0.717, 1.165) is 25.2 Å². The highest BCUT2D eigenvalue weighted by Gasteiger charge is 2.21. The zero-order valence-corrected chi connectivity index (χ0v) is 11.1. The van der Waals surface area contributed by atoms with Crippen LogP contribution < -0.4 is 10.6 Å². The lowest BCUT2D eigenvalue weighted by Gasteiger charge is -2.34. The van der Waals surface area contributed by atoms with Crippen LogP contribution in [0.2, 0.25) is 0 Å². The predicted octanol–water partition coefficient (Wildman–Crippen LogP) is 2.26. The molecule has 1 aromatic heterocycles. The Morgan fingerprint density at radius 1 is 1.26 bits per heavy atom. The van der Waals surface area contributed by atoms with E-state index in [-0.39, 0.29) is 0 Å². The molecule has 0 saturated heterocycles. The zero-order chi connectivity index (χ0) is 13.2. The molecule has 4 nitrogen and oxygen atoms in total. The Hall–Kier alpha value is -2.10. The number of para-hydroxylation sites is 1. The minimum atomic E-state index is 0.469. The SMILES string of the molecule is CC1Cc2ccccc2N(Cc2cnc(N)cn2)C1. The zero-order valence-electron chi connectivity index (χ0n) is 11.1. The van der Waals surface area contributed by atoms with Crippen LogP contribution in [-0.2, 0) is 13.0 Å². The molecule has 3 rings (SSSR count). The molecule has 0 spiro atoms. The summed E-state index contributed by atoms with van der Waals surface area (Å²) >= 11 is 0. The van der Waals surface area contributed by atoms with Gasteiger partial charge in [0.15, 0.2) is 0 Å². The van der Waals surface area contributed by atoms with E-state index in [9.17, 15) is 0 Å². The van der Waals surface area contributed by atoms with Crippen LogP contribution in [0.4, 0.5) is 11.5 Å². The summed E-state index contributed by atoms with van der Waals surface area (Å²) in [5.41, 5.74) is 9.27. The number of rotatable bonds is 2. The lowest BCUT2D eigenvalue weighted by Crippen LogP contribution is -2.34. The van der Waals surface area contributed by atoms with E-state index in [0.29, 0.717) is 11.7 Å². The van der Waals surface area contributed by atoms with Gasteiger partial charge >= 0.3 is 0 Å². The van der Waals surface area contributed by atoms with Crippen LogP contribution in [0.3, 0.4) is 0 Å². The number of aromatic nitrogens is 2. The number of nitrogens with zero attached hydrogens (tertiary/aromatic N) is 3. The van der Waals surface area contributed by atoms with Crippen molar-refractivity contribution in [1.82, 2.24) is 9.97 Å². The molecule has 0 bridgehead atoms. The van der Waals surface area contributed by atoms with Crippen molar-refractivity contribution >= 4 is 11.5 Å². The average molecular weight is 254 g/mol. The van der Waals surface area contributed by atoms with Crippen molar-refractivity contribution in [1.29, 1.82) is 0 Å². The summed E-state index contributed by atoms with van der Waals surface area (Å²) in [4.78, 5) is 10.8. The van der Waals surface area contributed by atoms with E-state index in [4.69, 9.17) is 5.73 Å². The molecule has 1 aliphatic heterocycles. The van der Waals surface area contributed by atoms with Crippen molar-refractivity contribution in [3.63, 3.8) is 0 Å². The Balaban J connectivity index is 1.86. The Kier molecular flexibility index (Phi) is 3.07. The molecule has 0 saturated carbocycles. The van der Waals surface area contributed by atoms with Crippen molar-refractivity contribution < 1.29 is 0 Å². The number of nitrogens with two attached hydrogens (primary N) is 1. The van der Waals surface area contributed by atoms with Crippen LogP contribution in [0, 0.1) is 5.92 Å². The Bertz CT molecular complexity index is 565. The first-order valence-electron chi connectivity index (χ1n) is 6.61. The smallest absolute Gasteiger partial charge is 0.141 e. The fraction of sp³-hybridized carbons (Fsp3) is 0.333. The summed E-state index contributed by atoms with van der Waals surface area (Å²) < 4.78 is 0. The van der Waals surface area contributed by atoms with Crippen LogP contribution in [-0.4, -0.2) is 16.5 Å². The second-order valence-corrected chi connectivity index (χ2v) is 5.25. The third-order valence-electron chi connectivity index (χ3n) is 3.51. The van der Waals surface area contributed by atoms with Gasteiger partial charge in [-0.05, 0) is 24.0 Å². The fourth-order valence-electron chi connectivity index (χ4n) is 2.70. The number of nitrogen functional groups attached to an aromatic ring is 1. The van der Waals surface area contributed by atoms with E-state index < -0.39 is 0 Å². The molecule has 0 fully saturated rings. The van der Waals surface area contributed by atoms with E-state index >= 15 is 0 Å². The molecule has 1 unspecified atom stereocenters. The van der Waals surface area contributed by atoms with Crippen molar-refractivity contribution in [3.8, 4) is 0 Å². The van der Waals surface area contributed by atoms with Gasteiger partial charge in [0, 0.05) is 12.2 Å². The molecular formula is C15H18N4. The lowest BCUT2D eigenvalue weighted by atomic mass is 9.94. The van der Waals surface area contributed by atoms with Gasteiger partial charge < -0.3 is 10.6 Å². The molecular weight excluding hydrogens is 236 g/mol. The van der Waals surface area contributed by atoms with Gasteiger partial charge in [-0.1, -0.05) is 25.1 Å². The highest BCUT2D eigenvalue weighted by molar-refractivity contribution is 5.55. The first-order valence-corrected chi connectivity index (χ1v) is 6.61. The fourth-order valence-corrected chi connectivity index (χ4v) is 2.70. The summed E-state index contributed by atoms with van der Waals surface area (Å²) in [7, 11) is 0. The standard InChI is InChI=1S/C15H18N4/c1-11-6-12-4-2-3-5-14(12)19(9-11)10-13-7-18-15(16)8-17-13/h2-5,7-8,11H,6,9-10H2,1H3,(H2,16,18). The van der Waals surface area contributed by atoms with Gasteiger partial charge in [0.2, 0.25) is 0 Å². The lowest BCUT2D eigenvalue weighted by molar-refractivity contribution is 0.528. The predicted molar refractivity (Wildman–Crippen MR) is 76.8 cm³/mol. The number of anilines is 2. The van der Waals surface area contributed by atoms with Gasteiger partial charge in [0.25, 0.3) is 0 Å². The topological polar surface area (TPSA) is 55.0 Å². The van der Waals surface area contributed by atoms with Gasteiger partial charge in [0.1, 0.15) is 5.82 Å². The molecule has 0 radical (unpaired) electrons. The summed E-state index contributed by atoms with van der Waals surface area (Å²) in [6.45, 7) is 4.13.